The van der Waals surface area contributed by atoms with Gasteiger partial charge in [0.1, 0.15) is 12.7 Å². The molecule has 0 atom stereocenters. The molecule has 0 spiro atoms. The number of fused-ring (bicyclic) bond motifs is 7. The molecule has 11 rings (SSSR count). The van der Waals surface area contributed by atoms with Crippen LogP contribution in [0.4, 0.5) is 0 Å². The van der Waals surface area contributed by atoms with E-state index in [1.54, 1.807) is 0 Å². The van der Waals surface area contributed by atoms with Gasteiger partial charge < -0.3 is 14.0 Å². The van der Waals surface area contributed by atoms with Crippen LogP contribution in [0.2, 0.25) is 0 Å². The van der Waals surface area contributed by atoms with Crippen molar-refractivity contribution in [3.8, 4) is 11.3 Å². The van der Waals surface area contributed by atoms with Crippen molar-refractivity contribution in [2.75, 3.05) is 0 Å². The van der Waals surface area contributed by atoms with Crippen molar-refractivity contribution >= 4 is 88.1 Å². The van der Waals surface area contributed by atoms with Gasteiger partial charge in [0, 0.05) is 42.3 Å². The topological polar surface area (TPSA) is 43.1 Å². The third-order valence-corrected chi connectivity index (χ3v) is 14.2. The van der Waals surface area contributed by atoms with E-state index in [0.717, 1.165) is 86.8 Å². The Morgan fingerprint density at radius 3 is 1.83 bits per heavy atom. The summed E-state index contributed by atoms with van der Waals surface area (Å²) in [4.78, 5) is 4.68. The largest absolute Gasteiger partial charge is 0.501 e. The zero-order chi connectivity index (χ0) is 39.2. The molecule has 0 aliphatic rings. The Morgan fingerprint density at radius 1 is 0.542 bits per heavy atom. The van der Waals surface area contributed by atoms with Crippen LogP contribution in [0.1, 0.15) is 25.3 Å². The third kappa shape index (κ3) is 6.98. The molecule has 0 N–H and O–H groups in total. The fourth-order valence-electron chi connectivity index (χ4n) is 8.09. The molecule has 2 aromatic heterocycles. The summed E-state index contributed by atoms with van der Waals surface area (Å²) in [5.74, 6) is 0.501. The quantitative estimate of drug-likeness (QED) is 0.128. The number of aromatic nitrogens is 1. The first-order valence-corrected chi connectivity index (χ1v) is 21.4. The molecule has 0 saturated carbocycles. The summed E-state index contributed by atoms with van der Waals surface area (Å²) in [5.41, 5.74) is 4.91. The molecule has 0 unspecified atom stereocenters. The Labute approximate surface area is 357 Å². The van der Waals surface area contributed by atoms with Gasteiger partial charge in [-0.3, -0.25) is 0 Å². The Hall–Kier alpha value is -6.15. The minimum Gasteiger partial charge on any atom is -0.501 e. The fourth-order valence-corrected chi connectivity index (χ4v) is 10.7. The summed E-state index contributed by atoms with van der Waals surface area (Å²) in [5, 5.41) is 13.6. The van der Waals surface area contributed by atoms with Crippen LogP contribution >= 0.6 is 7.14 Å². The van der Waals surface area contributed by atoms with Crippen LogP contribution in [0, 0.1) is 12.1 Å². The summed E-state index contributed by atoms with van der Waals surface area (Å²) >= 11 is 0. The van der Waals surface area contributed by atoms with Gasteiger partial charge in [0.2, 0.25) is 0 Å². The molecule has 0 saturated heterocycles. The number of rotatable bonds is 5. The average molecular weight is 956 g/mol. The van der Waals surface area contributed by atoms with E-state index in [2.05, 4.69) is 128 Å². The molecule has 9 aromatic carbocycles. The molecule has 0 amide bonds. The first-order chi connectivity index (χ1) is 28.4. The number of pyridine rings is 1. The van der Waals surface area contributed by atoms with Gasteiger partial charge in [0.15, 0.2) is 0 Å². The summed E-state index contributed by atoms with van der Waals surface area (Å²) in [6, 6.07) is 68.5. The summed E-state index contributed by atoms with van der Waals surface area (Å²) in [7, 11) is -3.15. The van der Waals surface area contributed by atoms with Crippen LogP contribution < -0.4 is 15.9 Å². The summed E-state index contributed by atoms with van der Waals surface area (Å²) in [6.07, 6.45) is 1.87. The number of furan rings is 1. The zero-order valence-corrected chi connectivity index (χ0v) is 35.8. The second-order valence-electron chi connectivity index (χ2n) is 15.1. The van der Waals surface area contributed by atoms with Crippen LogP contribution in [-0.2, 0) is 24.7 Å². The smallest absolute Gasteiger partial charge is 0.147 e. The van der Waals surface area contributed by atoms with Crippen molar-refractivity contribution in [1.82, 2.24) is 4.98 Å². The van der Waals surface area contributed by atoms with Crippen molar-refractivity contribution in [2.45, 2.75) is 19.8 Å². The van der Waals surface area contributed by atoms with Crippen LogP contribution in [0.5, 0.6) is 0 Å². The van der Waals surface area contributed by atoms with Gasteiger partial charge in [-0.05, 0) is 73.8 Å². The maximum atomic E-state index is 15.1. The van der Waals surface area contributed by atoms with Crippen molar-refractivity contribution < 1.29 is 29.1 Å². The van der Waals surface area contributed by atoms with E-state index in [1.165, 1.54) is 10.9 Å². The third-order valence-electron chi connectivity index (χ3n) is 11.2. The molecule has 0 aliphatic heterocycles. The fraction of sp³-hybridized carbons (Fsp3) is 0.0556. The number of hydrogen-bond acceptors (Lipinski definition) is 3. The summed E-state index contributed by atoms with van der Waals surface area (Å²) < 4.78 is 21.3. The predicted octanol–water partition coefficient (Wildman–Crippen LogP) is 13.3. The van der Waals surface area contributed by atoms with Crippen LogP contribution in [0.3, 0.4) is 0 Å². The van der Waals surface area contributed by atoms with Gasteiger partial charge in [-0.15, -0.1) is 35.0 Å². The first-order valence-electron chi connectivity index (χ1n) is 19.6. The van der Waals surface area contributed by atoms with Gasteiger partial charge >= 0.3 is 0 Å². The predicted molar refractivity (Wildman–Crippen MR) is 245 cm³/mol. The molecule has 0 fully saturated rings. The van der Waals surface area contributed by atoms with Gasteiger partial charge in [0.05, 0.1) is 5.58 Å². The monoisotopic (exact) mass is 956 g/mol. The molecule has 3 nitrogen and oxygen atoms in total. The molecular weight excluding hydrogens is 918 g/mol. The molecule has 2 heterocycles. The second kappa shape index (κ2) is 15.9. The van der Waals surface area contributed by atoms with Crippen molar-refractivity contribution in [3.05, 3.63) is 206 Å². The maximum Gasteiger partial charge on any atom is 0.147 e. The van der Waals surface area contributed by atoms with Gasteiger partial charge in [0.25, 0.3) is 0 Å². The SMILES string of the molecule is CC(C)c1ccc2c(-c3[c-]ccc4c3oc3ccccc34)nccc2c1.O=P(c1[c-]cc2ccccc2c1)(c1ccc2ccccc2c1)c1ccc2ccccc2c1.[Ir]. The number of hydrogen-bond donors (Lipinski definition) is 0. The van der Waals surface area contributed by atoms with E-state index < -0.39 is 7.14 Å². The standard InChI is InChI=1S/C30H20OP.C24H18NO.Ir/c31-32(28-16-13-22-7-1-4-10-25(22)19-28,29-17-14-23-8-2-5-11-26(23)20-29)30-18-15-24-9-3-6-12-27(24)21-30;1-15(2)16-10-11-18-17(14-16)12-13-25-23(18)21-8-5-7-20-19-6-3-4-9-22(19)26-24(20)21;/h1-17,19-21H;3-7,9-15H,1-2H3;/q2*-1;. The molecule has 287 valence electrons. The van der Waals surface area contributed by atoms with Crippen LogP contribution in [-0.4, -0.2) is 4.98 Å². The van der Waals surface area contributed by atoms with Crippen molar-refractivity contribution in [2.24, 2.45) is 0 Å². The Kier molecular flexibility index (Phi) is 10.3. The van der Waals surface area contributed by atoms with E-state index in [1.807, 2.05) is 91.1 Å². The zero-order valence-electron chi connectivity index (χ0n) is 32.5. The molecule has 0 bridgehead atoms. The first kappa shape index (κ1) is 38.4. The Morgan fingerprint density at radius 2 is 1.15 bits per heavy atom. The van der Waals surface area contributed by atoms with E-state index >= 15 is 4.57 Å². The molecule has 11 aromatic rings. The van der Waals surface area contributed by atoms with Crippen LogP contribution in [0.15, 0.2) is 193 Å². The number of nitrogens with zero attached hydrogens (tertiary/aromatic N) is 1. The molecule has 0 aliphatic carbocycles. The molecule has 1 radical (unpaired) electrons. The summed E-state index contributed by atoms with van der Waals surface area (Å²) in [6.45, 7) is 4.43. The average Bonchev–Trinajstić information content (AvgIpc) is 3.67. The Bertz CT molecular complexity index is 3190. The van der Waals surface area contributed by atoms with Gasteiger partial charge in [-0.1, -0.05) is 157 Å². The normalized spacial score (nSPS) is 11.6. The number of para-hydroxylation sites is 1. The van der Waals surface area contributed by atoms with E-state index in [0.29, 0.717) is 5.92 Å². The second-order valence-corrected chi connectivity index (χ2v) is 17.8. The van der Waals surface area contributed by atoms with E-state index in [9.17, 15) is 0 Å². The van der Waals surface area contributed by atoms with E-state index in [4.69, 9.17) is 4.42 Å². The van der Waals surface area contributed by atoms with Gasteiger partial charge in [-0.2, -0.15) is 18.2 Å². The maximum absolute atomic E-state index is 15.1. The van der Waals surface area contributed by atoms with Gasteiger partial charge in [-0.25, -0.2) is 0 Å². The molecular formula is C54H38IrNO2P-2. The molecule has 5 heteroatoms. The Balaban J connectivity index is 0.000000153. The minimum absolute atomic E-state index is 0. The van der Waals surface area contributed by atoms with Crippen LogP contribution in [0.25, 0.3) is 76.3 Å². The van der Waals surface area contributed by atoms with Crippen molar-refractivity contribution in [1.29, 1.82) is 0 Å². The van der Waals surface area contributed by atoms with Crippen molar-refractivity contribution in [3.63, 3.8) is 0 Å². The minimum atomic E-state index is -3.15. The number of benzene rings is 9. The molecule has 59 heavy (non-hydrogen) atoms. The van der Waals surface area contributed by atoms with E-state index in [-0.39, 0.29) is 20.1 Å².